The van der Waals surface area contributed by atoms with Crippen LogP contribution in [0, 0.1) is 0 Å². The number of nitrogens with one attached hydrogen (secondary N) is 1. The minimum Gasteiger partial charge on any atom is -0.497 e. The van der Waals surface area contributed by atoms with Crippen LogP contribution in [0.1, 0.15) is 37.0 Å². The lowest BCUT2D eigenvalue weighted by Gasteiger charge is -2.34. The van der Waals surface area contributed by atoms with Gasteiger partial charge in [-0.15, -0.1) is 0 Å². The summed E-state index contributed by atoms with van der Waals surface area (Å²) in [7, 11) is -2.03. The zero-order valence-corrected chi connectivity index (χ0v) is 20.2. The van der Waals surface area contributed by atoms with Crippen LogP contribution in [0.4, 0.5) is 5.69 Å². The van der Waals surface area contributed by atoms with Crippen LogP contribution < -0.4 is 15.0 Å². The number of amides is 1. The Kier molecular flexibility index (Phi) is 8.03. The predicted molar refractivity (Wildman–Crippen MR) is 127 cm³/mol. The molecule has 2 aromatic rings. The largest absolute Gasteiger partial charge is 0.497 e. The lowest BCUT2D eigenvalue weighted by Crippen LogP contribution is -2.44. The second-order valence-electron chi connectivity index (χ2n) is 7.66. The van der Waals surface area contributed by atoms with E-state index in [1.54, 1.807) is 21.0 Å². The van der Waals surface area contributed by atoms with Gasteiger partial charge in [-0.05, 0) is 55.3 Å². The van der Waals surface area contributed by atoms with E-state index < -0.39 is 10.0 Å². The van der Waals surface area contributed by atoms with Gasteiger partial charge in [-0.1, -0.05) is 25.4 Å². The Morgan fingerprint density at radius 2 is 1.75 bits per heavy atom. The molecule has 9 heteroatoms. The van der Waals surface area contributed by atoms with Crippen molar-refractivity contribution in [1.82, 2.24) is 9.62 Å². The fourth-order valence-corrected chi connectivity index (χ4v) is 5.58. The first-order valence-electron chi connectivity index (χ1n) is 10.8. The zero-order valence-electron chi connectivity index (χ0n) is 18.7. The number of anilines is 1. The van der Waals surface area contributed by atoms with Gasteiger partial charge in [0.15, 0.2) is 0 Å². The summed E-state index contributed by atoms with van der Waals surface area (Å²) in [5, 5.41) is 3.26. The first-order chi connectivity index (χ1) is 15.3. The van der Waals surface area contributed by atoms with Crippen LogP contribution >= 0.6 is 11.6 Å². The molecule has 0 bridgehead atoms. The number of hydrogen-bond donors (Lipinski definition) is 1. The molecule has 1 aliphatic rings. The van der Waals surface area contributed by atoms with Crippen molar-refractivity contribution >= 4 is 33.2 Å². The minimum absolute atomic E-state index is 0.00360. The normalized spacial score (nSPS) is 15.1. The highest BCUT2D eigenvalue weighted by atomic mass is 35.5. The van der Waals surface area contributed by atoms with Crippen LogP contribution in [0.2, 0.25) is 5.02 Å². The van der Waals surface area contributed by atoms with Crippen LogP contribution in [-0.2, 0) is 10.0 Å². The van der Waals surface area contributed by atoms with Crippen molar-refractivity contribution in [3.63, 3.8) is 0 Å². The quantitative estimate of drug-likeness (QED) is 0.623. The zero-order chi connectivity index (χ0) is 23.3. The summed E-state index contributed by atoms with van der Waals surface area (Å²) in [4.78, 5) is 15.3. The molecule has 0 unspecified atom stereocenters. The molecule has 2 aromatic carbocycles. The maximum atomic E-state index is 12.9. The lowest BCUT2D eigenvalue weighted by atomic mass is 10.0. The van der Waals surface area contributed by atoms with Gasteiger partial charge < -0.3 is 15.0 Å². The molecule has 1 aliphatic heterocycles. The topological polar surface area (TPSA) is 79.0 Å². The van der Waals surface area contributed by atoms with E-state index in [-0.39, 0.29) is 27.4 Å². The van der Waals surface area contributed by atoms with E-state index in [0.29, 0.717) is 13.1 Å². The fourth-order valence-electron chi connectivity index (χ4n) is 3.89. The Labute approximate surface area is 195 Å². The molecule has 1 fully saturated rings. The van der Waals surface area contributed by atoms with Crippen molar-refractivity contribution in [1.29, 1.82) is 0 Å². The monoisotopic (exact) mass is 479 g/mol. The first kappa shape index (κ1) is 24.4. The molecule has 0 aromatic heterocycles. The molecule has 32 heavy (non-hydrogen) atoms. The van der Waals surface area contributed by atoms with Crippen molar-refractivity contribution in [2.45, 2.75) is 37.6 Å². The second-order valence-corrected chi connectivity index (χ2v) is 10.0. The smallest absolute Gasteiger partial charge is 0.253 e. The molecule has 1 N–H and O–H groups in total. The number of piperidine rings is 1. The number of carbonyl (C=O) groups is 1. The number of benzene rings is 2. The highest BCUT2D eigenvalue weighted by molar-refractivity contribution is 7.89. The van der Waals surface area contributed by atoms with E-state index >= 15 is 0 Å². The molecule has 1 amide bonds. The number of hydrogen-bond acceptors (Lipinski definition) is 5. The van der Waals surface area contributed by atoms with Gasteiger partial charge in [0.05, 0.1) is 22.6 Å². The van der Waals surface area contributed by atoms with Crippen LogP contribution in [0.25, 0.3) is 0 Å². The van der Waals surface area contributed by atoms with Gasteiger partial charge in [0.1, 0.15) is 5.75 Å². The van der Waals surface area contributed by atoms with Crippen molar-refractivity contribution in [3.05, 3.63) is 53.1 Å². The molecule has 1 heterocycles. The number of sulfonamides is 1. The van der Waals surface area contributed by atoms with E-state index in [2.05, 4.69) is 10.2 Å². The number of methoxy groups -OCH3 is 1. The lowest BCUT2D eigenvalue weighted by molar-refractivity contribution is 0.0931. The van der Waals surface area contributed by atoms with E-state index in [4.69, 9.17) is 16.3 Å². The number of ether oxygens (including phenoxy) is 1. The SMILES string of the molecule is CCN(CC)S(=O)(=O)c1ccc(Cl)c(C(=O)NC2CCN(c3ccc(OC)cc3)CC2)c1. The Morgan fingerprint density at radius 3 is 2.31 bits per heavy atom. The van der Waals surface area contributed by atoms with Gasteiger partial charge in [0.25, 0.3) is 5.91 Å². The number of halogens is 1. The van der Waals surface area contributed by atoms with Crippen LogP contribution in [0.3, 0.4) is 0 Å². The highest BCUT2D eigenvalue weighted by Crippen LogP contribution is 2.25. The summed E-state index contributed by atoms with van der Waals surface area (Å²) in [5.41, 5.74) is 1.30. The van der Waals surface area contributed by atoms with Gasteiger partial charge in [-0.3, -0.25) is 4.79 Å². The third-order valence-electron chi connectivity index (χ3n) is 5.79. The van der Waals surface area contributed by atoms with E-state index in [1.807, 2.05) is 24.3 Å². The molecule has 0 saturated carbocycles. The minimum atomic E-state index is -3.67. The molecular weight excluding hydrogens is 450 g/mol. The van der Waals surface area contributed by atoms with Crippen LogP contribution in [-0.4, -0.2) is 58.0 Å². The highest BCUT2D eigenvalue weighted by Gasteiger charge is 2.26. The summed E-state index contributed by atoms with van der Waals surface area (Å²) >= 11 is 6.25. The van der Waals surface area contributed by atoms with Crippen LogP contribution in [0.5, 0.6) is 5.75 Å². The summed E-state index contributed by atoms with van der Waals surface area (Å²) < 4.78 is 32.2. The third kappa shape index (κ3) is 5.36. The Hall–Kier alpha value is -2.29. The second kappa shape index (κ2) is 10.6. The maximum absolute atomic E-state index is 12.9. The summed E-state index contributed by atoms with van der Waals surface area (Å²) in [5.74, 6) is 0.465. The van der Waals surface area contributed by atoms with Crippen LogP contribution in [0.15, 0.2) is 47.4 Å². The van der Waals surface area contributed by atoms with E-state index in [1.165, 1.54) is 22.5 Å². The van der Waals surface area contributed by atoms with Gasteiger partial charge in [-0.2, -0.15) is 4.31 Å². The average Bonchev–Trinajstić information content (AvgIpc) is 2.80. The fraction of sp³-hybridized carbons (Fsp3) is 0.435. The predicted octanol–water partition coefficient (Wildman–Crippen LogP) is 3.78. The molecule has 0 spiro atoms. The van der Waals surface area contributed by atoms with Crippen molar-refractivity contribution in [2.24, 2.45) is 0 Å². The molecule has 0 atom stereocenters. The van der Waals surface area contributed by atoms with Gasteiger partial charge in [0, 0.05) is 37.9 Å². The third-order valence-corrected chi connectivity index (χ3v) is 8.17. The molecule has 0 aliphatic carbocycles. The maximum Gasteiger partial charge on any atom is 0.253 e. The van der Waals surface area contributed by atoms with Gasteiger partial charge in [-0.25, -0.2) is 8.42 Å². The molecule has 0 radical (unpaired) electrons. The Morgan fingerprint density at radius 1 is 1.12 bits per heavy atom. The Bertz CT molecular complexity index is 1030. The summed E-state index contributed by atoms with van der Waals surface area (Å²) in [6, 6.07) is 12.2. The standard InChI is InChI=1S/C23H30ClN3O4S/c1-4-27(5-2)32(29,30)20-10-11-22(24)21(16-20)23(28)25-17-12-14-26(15-13-17)18-6-8-19(31-3)9-7-18/h6-11,16-17H,4-5,12-15H2,1-3H3,(H,25,28). The van der Waals surface area contributed by atoms with E-state index in [9.17, 15) is 13.2 Å². The number of nitrogens with zero attached hydrogens (tertiary/aromatic N) is 2. The number of carbonyl (C=O) groups excluding carboxylic acids is 1. The Balaban J connectivity index is 1.66. The van der Waals surface area contributed by atoms with Gasteiger partial charge >= 0.3 is 0 Å². The summed E-state index contributed by atoms with van der Waals surface area (Å²) in [6.45, 7) is 5.89. The van der Waals surface area contributed by atoms with E-state index in [0.717, 1.165) is 37.4 Å². The molecule has 174 valence electrons. The first-order valence-corrected chi connectivity index (χ1v) is 12.6. The van der Waals surface area contributed by atoms with Crippen molar-refractivity contribution in [3.8, 4) is 5.75 Å². The molecule has 7 nitrogen and oxygen atoms in total. The molecule has 1 saturated heterocycles. The molecular formula is C23H30ClN3O4S. The van der Waals surface area contributed by atoms with Gasteiger partial charge in [0.2, 0.25) is 10.0 Å². The number of rotatable bonds is 8. The summed E-state index contributed by atoms with van der Waals surface area (Å²) in [6.07, 6.45) is 1.57. The molecule has 3 rings (SSSR count). The van der Waals surface area contributed by atoms with Crippen molar-refractivity contribution < 1.29 is 17.9 Å². The average molecular weight is 480 g/mol. The van der Waals surface area contributed by atoms with Crippen molar-refractivity contribution in [2.75, 3.05) is 38.2 Å².